The van der Waals surface area contributed by atoms with Gasteiger partial charge in [0.2, 0.25) is 16.9 Å². The second kappa shape index (κ2) is 7.35. The lowest BCUT2D eigenvalue weighted by Crippen LogP contribution is -2.24. The number of anilines is 2. The van der Waals surface area contributed by atoms with Crippen LogP contribution in [0.2, 0.25) is 0 Å². The summed E-state index contributed by atoms with van der Waals surface area (Å²) in [6, 6.07) is 13.5. The third kappa shape index (κ3) is 3.66. The van der Waals surface area contributed by atoms with Gasteiger partial charge >= 0.3 is 0 Å². The third-order valence-corrected chi connectivity index (χ3v) is 6.02. The zero-order valence-corrected chi connectivity index (χ0v) is 15.4. The minimum atomic E-state index is -0.108. The summed E-state index contributed by atoms with van der Waals surface area (Å²) in [5.41, 5.74) is 0.897. The molecule has 0 radical (unpaired) electrons. The lowest BCUT2D eigenvalue weighted by molar-refractivity contribution is -0.117. The number of nitrogens with zero attached hydrogens (tertiary/aromatic N) is 3. The molecule has 0 unspecified atom stereocenters. The number of rotatable bonds is 5. The maximum absolute atomic E-state index is 12.3. The van der Waals surface area contributed by atoms with Crippen LogP contribution in [0.5, 0.6) is 0 Å². The molecule has 1 aliphatic heterocycles. The molecule has 3 aromatic rings. The van der Waals surface area contributed by atoms with Gasteiger partial charge in [-0.2, -0.15) is 0 Å². The lowest BCUT2D eigenvalue weighted by Gasteiger charge is -2.15. The molecule has 1 aromatic carbocycles. The number of hydrogen-bond donors (Lipinski definition) is 1. The normalized spacial score (nSPS) is 16.8. The molecular weight excluding hydrogens is 368 g/mol. The fraction of sp³-hybridized carbons (Fsp3) is 0.222. The van der Waals surface area contributed by atoms with Crippen molar-refractivity contribution in [3.05, 3.63) is 57.7 Å². The highest BCUT2D eigenvalue weighted by atomic mass is 32.1. The Labute approximate surface area is 158 Å². The summed E-state index contributed by atoms with van der Waals surface area (Å²) in [6.07, 6.45) is 0.739. The highest BCUT2D eigenvalue weighted by Gasteiger charge is 2.33. The second-order valence-corrected chi connectivity index (χ2v) is 8.03. The van der Waals surface area contributed by atoms with Crippen LogP contribution in [0.1, 0.15) is 22.2 Å². The Bertz CT molecular complexity index is 908. The van der Waals surface area contributed by atoms with Crippen molar-refractivity contribution in [3.63, 3.8) is 0 Å². The third-order valence-electron chi connectivity index (χ3n) is 4.14. The number of benzene rings is 1. The van der Waals surface area contributed by atoms with Crippen molar-refractivity contribution >= 4 is 45.3 Å². The van der Waals surface area contributed by atoms with Gasteiger partial charge in [-0.1, -0.05) is 35.6 Å². The van der Waals surface area contributed by atoms with Crippen LogP contribution in [0.4, 0.5) is 10.8 Å². The SMILES string of the molecule is O=C(Cc1cccs1)Nc1nnc([C@H]2CC(=O)N(c3ccccc3)C2)s1. The van der Waals surface area contributed by atoms with Gasteiger partial charge in [-0.3, -0.25) is 9.59 Å². The molecule has 0 saturated carbocycles. The summed E-state index contributed by atoms with van der Waals surface area (Å²) in [4.78, 5) is 27.2. The van der Waals surface area contributed by atoms with E-state index >= 15 is 0 Å². The van der Waals surface area contributed by atoms with Gasteiger partial charge in [0, 0.05) is 29.4 Å². The Morgan fingerprint density at radius 1 is 1.19 bits per heavy atom. The van der Waals surface area contributed by atoms with E-state index in [2.05, 4.69) is 15.5 Å². The first-order chi connectivity index (χ1) is 12.7. The summed E-state index contributed by atoms with van der Waals surface area (Å²) in [5.74, 6) is -0.0219. The molecule has 3 heterocycles. The van der Waals surface area contributed by atoms with E-state index < -0.39 is 0 Å². The van der Waals surface area contributed by atoms with Crippen LogP contribution < -0.4 is 10.2 Å². The number of amides is 2. The predicted octanol–water partition coefficient (Wildman–Crippen LogP) is 3.30. The Balaban J connectivity index is 1.40. The Hall–Kier alpha value is -2.58. The molecule has 4 rings (SSSR count). The van der Waals surface area contributed by atoms with Crippen LogP contribution in [-0.2, 0) is 16.0 Å². The van der Waals surface area contributed by atoms with Crippen molar-refractivity contribution in [1.82, 2.24) is 10.2 Å². The average molecular weight is 384 g/mol. The molecule has 1 fully saturated rings. The van der Waals surface area contributed by atoms with Crippen LogP contribution in [0.3, 0.4) is 0 Å². The van der Waals surface area contributed by atoms with Gasteiger partial charge in [0.1, 0.15) is 5.01 Å². The Morgan fingerprint density at radius 2 is 2.04 bits per heavy atom. The van der Waals surface area contributed by atoms with Crippen LogP contribution in [-0.4, -0.2) is 28.6 Å². The molecule has 1 saturated heterocycles. The second-order valence-electron chi connectivity index (χ2n) is 5.99. The fourth-order valence-corrected chi connectivity index (χ4v) is 4.47. The van der Waals surface area contributed by atoms with Crippen LogP contribution >= 0.6 is 22.7 Å². The molecule has 0 bridgehead atoms. The van der Waals surface area contributed by atoms with E-state index in [4.69, 9.17) is 0 Å². The van der Waals surface area contributed by atoms with Gasteiger partial charge in [0.15, 0.2) is 0 Å². The number of thiophene rings is 1. The molecule has 0 spiro atoms. The first-order valence-corrected chi connectivity index (χ1v) is 9.89. The largest absolute Gasteiger partial charge is 0.312 e. The molecule has 8 heteroatoms. The summed E-state index contributed by atoms with van der Waals surface area (Å²) >= 11 is 2.89. The molecule has 2 aromatic heterocycles. The quantitative estimate of drug-likeness (QED) is 0.732. The summed E-state index contributed by atoms with van der Waals surface area (Å²) in [7, 11) is 0. The number of carbonyl (C=O) groups is 2. The average Bonchev–Trinajstić information content (AvgIpc) is 3.37. The van der Waals surface area contributed by atoms with E-state index in [0.29, 0.717) is 24.5 Å². The molecular formula is C18H16N4O2S2. The Morgan fingerprint density at radius 3 is 2.81 bits per heavy atom. The molecule has 2 amide bonds. The first kappa shape index (κ1) is 16.9. The molecule has 1 atom stereocenters. The topological polar surface area (TPSA) is 75.2 Å². The number of aromatic nitrogens is 2. The monoisotopic (exact) mass is 384 g/mol. The molecule has 132 valence electrons. The maximum Gasteiger partial charge on any atom is 0.231 e. The van der Waals surface area contributed by atoms with Crippen LogP contribution in [0.15, 0.2) is 47.8 Å². The lowest BCUT2D eigenvalue weighted by atomic mass is 10.1. The minimum Gasteiger partial charge on any atom is -0.312 e. The summed E-state index contributed by atoms with van der Waals surface area (Å²) < 4.78 is 0. The van der Waals surface area contributed by atoms with Crippen molar-refractivity contribution in [1.29, 1.82) is 0 Å². The molecule has 0 aliphatic carbocycles. The number of para-hydroxylation sites is 1. The van der Waals surface area contributed by atoms with Gasteiger partial charge in [-0.05, 0) is 23.6 Å². The van der Waals surface area contributed by atoms with Gasteiger partial charge in [0.25, 0.3) is 0 Å². The maximum atomic E-state index is 12.3. The van der Waals surface area contributed by atoms with E-state index in [1.54, 1.807) is 16.2 Å². The highest BCUT2D eigenvalue weighted by molar-refractivity contribution is 7.15. The fourth-order valence-electron chi connectivity index (χ4n) is 2.92. The number of carbonyl (C=O) groups excluding carboxylic acids is 2. The number of hydrogen-bond acceptors (Lipinski definition) is 6. The highest BCUT2D eigenvalue weighted by Crippen LogP contribution is 2.34. The van der Waals surface area contributed by atoms with Gasteiger partial charge in [-0.25, -0.2) is 0 Å². The van der Waals surface area contributed by atoms with E-state index in [0.717, 1.165) is 15.6 Å². The van der Waals surface area contributed by atoms with Gasteiger partial charge in [-0.15, -0.1) is 21.5 Å². The molecule has 6 nitrogen and oxygen atoms in total. The van der Waals surface area contributed by atoms with Gasteiger partial charge in [0.05, 0.1) is 6.42 Å². The molecule has 1 aliphatic rings. The van der Waals surface area contributed by atoms with E-state index in [-0.39, 0.29) is 17.7 Å². The van der Waals surface area contributed by atoms with Crippen molar-refractivity contribution in [2.45, 2.75) is 18.8 Å². The zero-order chi connectivity index (χ0) is 17.9. The zero-order valence-electron chi connectivity index (χ0n) is 13.8. The van der Waals surface area contributed by atoms with Crippen LogP contribution in [0.25, 0.3) is 0 Å². The Kier molecular flexibility index (Phi) is 4.77. The summed E-state index contributed by atoms with van der Waals surface area (Å²) in [6.45, 7) is 0.584. The van der Waals surface area contributed by atoms with Crippen molar-refractivity contribution in [2.24, 2.45) is 0 Å². The van der Waals surface area contributed by atoms with Crippen molar-refractivity contribution < 1.29 is 9.59 Å². The van der Waals surface area contributed by atoms with E-state index in [9.17, 15) is 9.59 Å². The van der Waals surface area contributed by atoms with Crippen molar-refractivity contribution in [2.75, 3.05) is 16.8 Å². The summed E-state index contributed by atoms with van der Waals surface area (Å²) in [5, 5.41) is 14.2. The number of nitrogens with one attached hydrogen (secondary N) is 1. The smallest absolute Gasteiger partial charge is 0.231 e. The van der Waals surface area contributed by atoms with Crippen LogP contribution in [0, 0.1) is 0 Å². The minimum absolute atomic E-state index is 0.00292. The van der Waals surface area contributed by atoms with E-state index in [1.807, 2.05) is 47.8 Å². The standard InChI is InChI=1S/C18H16N4O2S2/c23-15(10-14-7-4-8-25-14)19-18-21-20-17(26-18)12-9-16(24)22(11-12)13-5-2-1-3-6-13/h1-8,12H,9-11H2,(H,19,21,23)/t12-/m0/s1. The van der Waals surface area contributed by atoms with Gasteiger partial charge < -0.3 is 10.2 Å². The first-order valence-electron chi connectivity index (χ1n) is 8.20. The molecule has 26 heavy (non-hydrogen) atoms. The predicted molar refractivity (Wildman–Crippen MR) is 103 cm³/mol. The molecule has 1 N–H and O–H groups in total. The van der Waals surface area contributed by atoms with E-state index in [1.165, 1.54) is 11.3 Å². The van der Waals surface area contributed by atoms with Crippen molar-refractivity contribution in [3.8, 4) is 0 Å².